The Morgan fingerprint density at radius 2 is 2.17 bits per heavy atom. The monoisotopic (exact) mass is 270 g/mol. The van der Waals surface area contributed by atoms with Crippen LogP contribution in [0.5, 0.6) is 0 Å². The van der Waals surface area contributed by atoms with Gasteiger partial charge >= 0.3 is 0 Å². The fourth-order valence-electron chi connectivity index (χ4n) is 1.69. The number of amides is 1. The Bertz CT molecular complexity index is 417. The van der Waals surface area contributed by atoms with Crippen LogP contribution in [0.3, 0.4) is 0 Å². The van der Waals surface area contributed by atoms with Gasteiger partial charge in [0.2, 0.25) is 5.91 Å². The lowest BCUT2D eigenvalue weighted by molar-refractivity contribution is -0.116. The first-order valence-electron chi connectivity index (χ1n) is 5.79. The molecular weight excluding hydrogens is 252 g/mol. The number of rotatable bonds is 4. The van der Waals surface area contributed by atoms with Gasteiger partial charge in [0.15, 0.2) is 0 Å². The number of nitrogens with two attached hydrogens (primary N) is 1. The molecule has 0 saturated carbocycles. The summed E-state index contributed by atoms with van der Waals surface area (Å²) in [6, 6.07) is 1.33. The third-order valence-electron chi connectivity index (χ3n) is 2.22. The van der Waals surface area contributed by atoms with Crippen LogP contribution in [0.4, 0.5) is 5.82 Å². The van der Waals surface area contributed by atoms with E-state index in [2.05, 4.69) is 36.1 Å². The van der Waals surface area contributed by atoms with E-state index in [4.69, 9.17) is 17.3 Å². The lowest BCUT2D eigenvalue weighted by atomic mass is 9.87. The van der Waals surface area contributed by atoms with Crippen molar-refractivity contribution in [1.29, 1.82) is 0 Å². The minimum absolute atomic E-state index is 0.109. The Balaban J connectivity index is 2.47. The van der Waals surface area contributed by atoms with Crippen molar-refractivity contribution in [3.05, 3.63) is 17.5 Å². The molecule has 0 aromatic carbocycles. The number of carbonyl (C=O) groups excluding carboxylic acids is 1. The maximum atomic E-state index is 11.7. The zero-order valence-electron chi connectivity index (χ0n) is 10.9. The highest BCUT2D eigenvalue weighted by Crippen LogP contribution is 2.21. The number of anilines is 1. The van der Waals surface area contributed by atoms with Gasteiger partial charge in [-0.05, 0) is 11.8 Å². The van der Waals surface area contributed by atoms with Gasteiger partial charge < -0.3 is 11.1 Å². The molecule has 1 amide bonds. The van der Waals surface area contributed by atoms with Crippen molar-refractivity contribution in [2.75, 3.05) is 5.32 Å². The largest absolute Gasteiger partial charge is 0.327 e. The summed E-state index contributed by atoms with van der Waals surface area (Å²) in [5.74, 6) is 0.226. The number of halogens is 1. The van der Waals surface area contributed by atoms with Gasteiger partial charge in [-0.1, -0.05) is 32.4 Å². The standard InChI is InChI=1S/C12H19ClN4O/c1-12(2,3)6-8(14)4-11(18)17-10-5-9(13)15-7-16-10/h5,7-8H,4,6,14H2,1-3H3,(H,15,16,17,18). The summed E-state index contributed by atoms with van der Waals surface area (Å²) in [5.41, 5.74) is 6.03. The summed E-state index contributed by atoms with van der Waals surface area (Å²) >= 11 is 5.69. The summed E-state index contributed by atoms with van der Waals surface area (Å²) in [5, 5.41) is 2.94. The number of hydrogen-bond donors (Lipinski definition) is 2. The molecule has 5 nitrogen and oxygen atoms in total. The second-order valence-corrected chi connectivity index (χ2v) is 5.89. The van der Waals surface area contributed by atoms with Crippen molar-refractivity contribution < 1.29 is 4.79 Å². The highest BCUT2D eigenvalue weighted by molar-refractivity contribution is 6.29. The first-order valence-corrected chi connectivity index (χ1v) is 6.17. The van der Waals surface area contributed by atoms with Crippen molar-refractivity contribution in [3.8, 4) is 0 Å². The van der Waals surface area contributed by atoms with E-state index >= 15 is 0 Å². The Morgan fingerprint density at radius 1 is 1.50 bits per heavy atom. The molecule has 1 aromatic rings. The molecule has 0 spiro atoms. The van der Waals surface area contributed by atoms with Crippen LogP contribution >= 0.6 is 11.6 Å². The Hall–Kier alpha value is -1.20. The predicted octanol–water partition coefficient (Wildman–Crippen LogP) is 2.22. The van der Waals surface area contributed by atoms with Gasteiger partial charge in [0.25, 0.3) is 0 Å². The molecule has 100 valence electrons. The maximum Gasteiger partial charge on any atom is 0.227 e. The number of carbonyl (C=O) groups is 1. The average Bonchev–Trinajstić information content (AvgIpc) is 2.13. The van der Waals surface area contributed by atoms with E-state index in [1.54, 1.807) is 0 Å². The molecule has 1 heterocycles. The van der Waals surface area contributed by atoms with Crippen LogP contribution < -0.4 is 11.1 Å². The van der Waals surface area contributed by atoms with Crippen molar-refractivity contribution in [1.82, 2.24) is 9.97 Å². The second kappa shape index (κ2) is 6.11. The van der Waals surface area contributed by atoms with Crippen LogP contribution in [0.15, 0.2) is 12.4 Å². The fourth-order valence-corrected chi connectivity index (χ4v) is 1.84. The van der Waals surface area contributed by atoms with E-state index in [1.165, 1.54) is 12.4 Å². The van der Waals surface area contributed by atoms with Crippen LogP contribution in [0.1, 0.15) is 33.6 Å². The topological polar surface area (TPSA) is 80.9 Å². The van der Waals surface area contributed by atoms with Crippen molar-refractivity contribution in [2.45, 2.75) is 39.7 Å². The van der Waals surface area contributed by atoms with E-state index in [0.717, 1.165) is 6.42 Å². The highest BCUT2D eigenvalue weighted by atomic mass is 35.5. The molecule has 0 aliphatic heterocycles. The first kappa shape index (κ1) is 14.9. The SMILES string of the molecule is CC(C)(C)CC(N)CC(=O)Nc1cc(Cl)ncn1. The third kappa shape index (κ3) is 5.93. The molecular formula is C12H19ClN4O. The lowest BCUT2D eigenvalue weighted by Gasteiger charge is -2.22. The minimum Gasteiger partial charge on any atom is -0.327 e. The van der Waals surface area contributed by atoms with E-state index < -0.39 is 0 Å². The number of aromatic nitrogens is 2. The molecule has 1 rings (SSSR count). The van der Waals surface area contributed by atoms with Crippen LogP contribution in [0, 0.1) is 5.41 Å². The van der Waals surface area contributed by atoms with Crippen LogP contribution in [0.25, 0.3) is 0 Å². The van der Waals surface area contributed by atoms with Gasteiger partial charge in [-0.2, -0.15) is 0 Å². The maximum absolute atomic E-state index is 11.7. The van der Waals surface area contributed by atoms with Gasteiger partial charge in [0.1, 0.15) is 17.3 Å². The smallest absolute Gasteiger partial charge is 0.227 e. The minimum atomic E-state index is -0.165. The highest BCUT2D eigenvalue weighted by Gasteiger charge is 2.18. The van der Waals surface area contributed by atoms with E-state index in [0.29, 0.717) is 11.0 Å². The lowest BCUT2D eigenvalue weighted by Crippen LogP contribution is -2.31. The van der Waals surface area contributed by atoms with Gasteiger partial charge in [-0.25, -0.2) is 9.97 Å². The van der Waals surface area contributed by atoms with Gasteiger partial charge in [0.05, 0.1) is 0 Å². The molecule has 0 radical (unpaired) electrons. The van der Waals surface area contributed by atoms with Crippen molar-refractivity contribution in [3.63, 3.8) is 0 Å². The van der Waals surface area contributed by atoms with Crippen LogP contribution in [-0.4, -0.2) is 21.9 Å². The average molecular weight is 271 g/mol. The summed E-state index contributed by atoms with van der Waals surface area (Å²) in [6.07, 6.45) is 2.34. The molecule has 0 aliphatic carbocycles. The molecule has 3 N–H and O–H groups in total. The zero-order chi connectivity index (χ0) is 13.8. The third-order valence-corrected chi connectivity index (χ3v) is 2.43. The Kier molecular flexibility index (Phi) is 5.04. The predicted molar refractivity (Wildman–Crippen MR) is 72.3 cm³/mol. The van der Waals surface area contributed by atoms with Crippen molar-refractivity contribution in [2.24, 2.45) is 11.1 Å². The molecule has 0 bridgehead atoms. The quantitative estimate of drug-likeness (QED) is 0.822. The van der Waals surface area contributed by atoms with E-state index in [-0.39, 0.29) is 23.8 Å². The summed E-state index contributed by atoms with van der Waals surface area (Å²) in [4.78, 5) is 19.4. The molecule has 6 heteroatoms. The van der Waals surface area contributed by atoms with E-state index in [1.807, 2.05) is 0 Å². The number of hydrogen-bond acceptors (Lipinski definition) is 4. The Labute approximate surface area is 112 Å². The molecule has 1 aromatic heterocycles. The molecule has 0 saturated heterocycles. The summed E-state index contributed by atoms with van der Waals surface area (Å²) in [7, 11) is 0. The first-order chi connectivity index (χ1) is 8.26. The van der Waals surface area contributed by atoms with Crippen LogP contribution in [0.2, 0.25) is 5.15 Å². The van der Waals surface area contributed by atoms with Crippen molar-refractivity contribution >= 4 is 23.3 Å². The number of nitrogens with one attached hydrogen (secondary N) is 1. The molecule has 1 atom stereocenters. The fraction of sp³-hybridized carbons (Fsp3) is 0.583. The second-order valence-electron chi connectivity index (χ2n) is 5.50. The molecule has 0 fully saturated rings. The molecule has 0 aliphatic rings. The summed E-state index contributed by atoms with van der Waals surface area (Å²) in [6.45, 7) is 6.28. The zero-order valence-corrected chi connectivity index (χ0v) is 11.7. The van der Waals surface area contributed by atoms with Gasteiger partial charge in [0, 0.05) is 18.5 Å². The normalized spacial score (nSPS) is 13.2. The van der Waals surface area contributed by atoms with Gasteiger partial charge in [-0.3, -0.25) is 4.79 Å². The van der Waals surface area contributed by atoms with E-state index in [9.17, 15) is 4.79 Å². The summed E-state index contributed by atoms with van der Waals surface area (Å²) < 4.78 is 0. The Morgan fingerprint density at radius 3 is 2.72 bits per heavy atom. The van der Waals surface area contributed by atoms with Gasteiger partial charge in [-0.15, -0.1) is 0 Å². The molecule has 18 heavy (non-hydrogen) atoms. The molecule has 1 unspecified atom stereocenters. The van der Waals surface area contributed by atoms with Crippen LogP contribution in [-0.2, 0) is 4.79 Å². The number of nitrogens with zero attached hydrogens (tertiary/aromatic N) is 2.